The summed E-state index contributed by atoms with van der Waals surface area (Å²) in [6, 6.07) is 0.370. The summed E-state index contributed by atoms with van der Waals surface area (Å²) in [4.78, 5) is 7.51. The van der Waals surface area contributed by atoms with E-state index in [0.29, 0.717) is 12.0 Å². The van der Waals surface area contributed by atoms with Gasteiger partial charge in [-0.1, -0.05) is 27.2 Å². The molecule has 1 aromatic heterocycles. The lowest BCUT2D eigenvalue weighted by atomic mass is 9.98. The van der Waals surface area contributed by atoms with Crippen molar-refractivity contribution in [3.8, 4) is 0 Å². The quantitative estimate of drug-likeness (QED) is 0.732. The lowest BCUT2D eigenvalue weighted by molar-refractivity contribution is 0.364. The number of hydrogen-bond donors (Lipinski definition) is 2. The molecule has 0 aromatic carbocycles. The Morgan fingerprint density at radius 2 is 2.29 bits per heavy atom. The van der Waals surface area contributed by atoms with Gasteiger partial charge in [-0.25, -0.2) is 4.98 Å². The molecular formula is C11H21N3. The van der Waals surface area contributed by atoms with E-state index in [-0.39, 0.29) is 0 Å². The number of aromatic amines is 1. The summed E-state index contributed by atoms with van der Waals surface area (Å²) in [5.74, 6) is 1.68. The van der Waals surface area contributed by atoms with Crippen LogP contribution in [0.2, 0.25) is 0 Å². The predicted octanol–water partition coefficient (Wildman–Crippen LogP) is 2.50. The van der Waals surface area contributed by atoms with Crippen molar-refractivity contribution in [2.75, 3.05) is 6.54 Å². The maximum absolute atomic E-state index is 4.32. The Balaban J connectivity index is 2.62. The lowest BCUT2D eigenvalue weighted by Gasteiger charge is -2.22. The van der Waals surface area contributed by atoms with E-state index < -0.39 is 0 Å². The molecule has 2 unspecified atom stereocenters. The molecule has 0 fully saturated rings. The van der Waals surface area contributed by atoms with E-state index in [0.717, 1.165) is 18.8 Å². The number of aromatic nitrogens is 2. The van der Waals surface area contributed by atoms with Crippen molar-refractivity contribution in [1.29, 1.82) is 0 Å². The van der Waals surface area contributed by atoms with Gasteiger partial charge < -0.3 is 10.3 Å². The maximum Gasteiger partial charge on any atom is 0.123 e. The first-order chi connectivity index (χ1) is 6.79. The lowest BCUT2D eigenvalue weighted by Crippen LogP contribution is -2.28. The Morgan fingerprint density at radius 1 is 1.50 bits per heavy atom. The third-order valence-electron chi connectivity index (χ3n) is 2.64. The number of H-pyrrole nitrogens is 1. The molecule has 1 heterocycles. The van der Waals surface area contributed by atoms with E-state index in [1.54, 1.807) is 0 Å². The summed E-state index contributed by atoms with van der Waals surface area (Å²) in [6.45, 7) is 7.71. The molecule has 0 saturated carbocycles. The smallest absolute Gasteiger partial charge is 0.123 e. The molecule has 0 aliphatic rings. The molecule has 0 aliphatic carbocycles. The fraction of sp³-hybridized carbons (Fsp3) is 0.727. The zero-order valence-electron chi connectivity index (χ0n) is 9.38. The Morgan fingerprint density at radius 3 is 2.79 bits per heavy atom. The van der Waals surface area contributed by atoms with Crippen molar-refractivity contribution in [3.63, 3.8) is 0 Å². The molecule has 14 heavy (non-hydrogen) atoms. The Labute approximate surface area is 86.3 Å². The second kappa shape index (κ2) is 5.81. The molecule has 0 spiro atoms. The van der Waals surface area contributed by atoms with E-state index in [2.05, 4.69) is 36.1 Å². The fourth-order valence-corrected chi connectivity index (χ4v) is 1.55. The molecule has 2 atom stereocenters. The average molecular weight is 195 g/mol. The summed E-state index contributed by atoms with van der Waals surface area (Å²) in [6.07, 6.45) is 6.03. The molecule has 0 saturated heterocycles. The van der Waals surface area contributed by atoms with Crippen molar-refractivity contribution >= 4 is 0 Å². The van der Waals surface area contributed by atoms with Crippen LogP contribution in [0, 0.1) is 5.92 Å². The van der Waals surface area contributed by atoms with E-state index in [9.17, 15) is 0 Å². The van der Waals surface area contributed by atoms with Crippen LogP contribution >= 0.6 is 0 Å². The van der Waals surface area contributed by atoms with Crippen molar-refractivity contribution < 1.29 is 0 Å². The monoisotopic (exact) mass is 195 g/mol. The SMILES string of the molecule is CCCNC(c1ncc[nH]1)C(C)CC. The van der Waals surface area contributed by atoms with Crippen LogP contribution in [0.4, 0.5) is 0 Å². The van der Waals surface area contributed by atoms with Gasteiger partial charge in [-0.05, 0) is 18.9 Å². The first-order valence-corrected chi connectivity index (χ1v) is 5.52. The topological polar surface area (TPSA) is 40.7 Å². The highest BCUT2D eigenvalue weighted by Crippen LogP contribution is 2.20. The van der Waals surface area contributed by atoms with Gasteiger partial charge in [0.15, 0.2) is 0 Å². The zero-order chi connectivity index (χ0) is 10.4. The number of rotatable bonds is 6. The van der Waals surface area contributed by atoms with E-state index in [4.69, 9.17) is 0 Å². The molecule has 0 amide bonds. The van der Waals surface area contributed by atoms with Gasteiger partial charge in [0, 0.05) is 12.4 Å². The molecular weight excluding hydrogens is 174 g/mol. The van der Waals surface area contributed by atoms with Crippen LogP contribution < -0.4 is 5.32 Å². The van der Waals surface area contributed by atoms with Gasteiger partial charge in [0.05, 0.1) is 6.04 Å². The highest BCUT2D eigenvalue weighted by atomic mass is 15.0. The Bertz CT molecular complexity index is 231. The van der Waals surface area contributed by atoms with Gasteiger partial charge in [-0.2, -0.15) is 0 Å². The van der Waals surface area contributed by atoms with Gasteiger partial charge in [0.25, 0.3) is 0 Å². The molecule has 0 bridgehead atoms. The van der Waals surface area contributed by atoms with E-state index in [1.165, 1.54) is 6.42 Å². The van der Waals surface area contributed by atoms with Crippen LogP contribution in [0.15, 0.2) is 12.4 Å². The van der Waals surface area contributed by atoms with Crippen LogP contribution in [0.25, 0.3) is 0 Å². The first-order valence-electron chi connectivity index (χ1n) is 5.52. The second-order valence-electron chi connectivity index (χ2n) is 3.79. The first kappa shape index (κ1) is 11.2. The summed E-state index contributed by atoms with van der Waals surface area (Å²) in [5.41, 5.74) is 0. The molecule has 1 rings (SSSR count). The minimum absolute atomic E-state index is 0.370. The third-order valence-corrected chi connectivity index (χ3v) is 2.64. The number of nitrogens with one attached hydrogen (secondary N) is 2. The van der Waals surface area contributed by atoms with Crippen LogP contribution in [-0.4, -0.2) is 16.5 Å². The molecule has 1 aromatic rings. The average Bonchev–Trinajstić information content (AvgIpc) is 2.71. The largest absolute Gasteiger partial charge is 0.347 e. The highest BCUT2D eigenvalue weighted by Gasteiger charge is 2.18. The van der Waals surface area contributed by atoms with Gasteiger partial charge in [-0.15, -0.1) is 0 Å². The molecule has 3 nitrogen and oxygen atoms in total. The third kappa shape index (κ3) is 2.84. The van der Waals surface area contributed by atoms with Crippen LogP contribution in [-0.2, 0) is 0 Å². The predicted molar refractivity (Wildman–Crippen MR) is 59.1 cm³/mol. The minimum atomic E-state index is 0.370. The summed E-state index contributed by atoms with van der Waals surface area (Å²) >= 11 is 0. The van der Waals surface area contributed by atoms with Crippen LogP contribution in [0.3, 0.4) is 0 Å². The molecule has 3 heteroatoms. The Kier molecular flexibility index (Phi) is 4.66. The Hall–Kier alpha value is -0.830. The molecule has 80 valence electrons. The highest BCUT2D eigenvalue weighted by molar-refractivity contribution is 4.97. The maximum atomic E-state index is 4.32. The van der Waals surface area contributed by atoms with Crippen LogP contribution in [0.1, 0.15) is 45.5 Å². The van der Waals surface area contributed by atoms with Gasteiger partial charge in [0.1, 0.15) is 5.82 Å². The van der Waals surface area contributed by atoms with Gasteiger partial charge >= 0.3 is 0 Å². The summed E-state index contributed by atoms with van der Waals surface area (Å²) < 4.78 is 0. The summed E-state index contributed by atoms with van der Waals surface area (Å²) in [5, 5.41) is 3.53. The summed E-state index contributed by atoms with van der Waals surface area (Å²) in [7, 11) is 0. The fourth-order valence-electron chi connectivity index (χ4n) is 1.55. The second-order valence-corrected chi connectivity index (χ2v) is 3.79. The van der Waals surface area contributed by atoms with Gasteiger partial charge in [0.2, 0.25) is 0 Å². The van der Waals surface area contributed by atoms with E-state index >= 15 is 0 Å². The van der Waals surface area contributed by atoms with E-state index in [1.807, 2.05) is 12.4 Å². The number of hydrogen-bond acceptors (Lipinski definition) is 2. The van der Waals surface area contributed by atoms with Crippen molar-refractivity contribution in [1.82, 2.24) is 15.3 Å². The standard InChI is InChI=1S/C11H21N3/c1-4-6-12-10(9(3)5-2)11-13-7-8-14-11/h7-10,12H,4-6H2,1-3H3,(H,13,14). The number of imidazole rings is 1. The minimum Gasteiger partial charge on any atom is -0.347 e. The molecule has 0 radical (unpaired) electrons. The van der Waals surface area contributed by atoms with Crippen molar-refractivity contribution in [3.05, 3.63) is 18.2 Å². The molecule has 2 N–H and O–H groups in total. The van der Waals surface area contributed by atoms with Crippen molar-refractivity contribution in [2.45, 2.75) is 39.7 Å². The van der Waals surface area contributed by atoms with Crippen LogP contribution in [0.5, 0.6) is 0 Å². The molecule has 0 aliphatic heterocycles. The number of nitrogens with zero attached hydrogens (tertiary/aromatic N) is 1. The van der Waals surface area contributed by atoms with Gasteiger partial charge in [-0.3, -0.25) is 0 Å². The normalized spacial score (nSPS) is 15.4. The van der Waals surface area contributed by atoms with Crippen molar-refractivity contribution in [2.24, 2.45) is 5.92 Å². The zero-order valence-corrected chi connectivity index (χ0v) is 9.38.